The zero-order chi connectivity index (χ0) is 14.9. The van der Waals surface area contributed by atoms with Crippen LogP contribution in [0.15, 0.2) is 24.3 Å². The Labute approximate surface area is 118 Å². The molecule has 0 radical (unpaired) electrons. The van der Waals surface area contributed by atoms with E-state index in [1.165, 1.54) is 0 Å². The van der Waals surface area contributed by atoms with Crippen LogP contribution in [0.2, 0.25) is 0 Å². The van der Waals surface area contributed by atoms with Crippen LogP contribution < -0.4 is 4.74 Å². The number of carboxylic acid groups (broad SMARTS) is 1. The maximum Gasteiger partial charge on any atom is 0.337 e. The molecule has 0 aliphatic rings. The number of carbonyl (C=O) groups is 1. The zero-order valence-corrected chi connectivity index (χ0v) is 12.2. The molecule has 106 valence electrons. The van der Waals surface area contributed by atoms with Gasteiger partial charge in [0.25, 0.3) is 0 Å². The van der Waals surface area contributed by atoms with Gasteiger partial charge in [0.2, 0.25) is 0 Å². The summed E-state index contributed by atoms with van der Waals surface area (Å²) in [7, 11) is 1.62. The van der Waals surface area contributed by atoms with Crippen molar-refractivity contribution in [2.24, 2.45) is 0 Å². The van der Waals surface area contributed by atoms with Crippen LogP contribution in [0.3, 0.4) is 0 Å². The quantitative estimate of drug-likeness (QED) is 0.927. The highest BCUT2D eigenvalue weighted by atomic mass is 16.5. The minimum absolute atomic E-state index is 0.338. The Morgan fingerprint density at radius 3 is 2.55 bits per heavy atom. The molecule has 4 heteroatoms. The number of rotatable bonds is 4. The van der Waals surface area contributed by atoms with E-state index in [1.54, 1.807) is 13.2 Å². The summed E-state index contributed by atoms with van der Waals surface area (Å²) in [5, 5.41) is 9.28. The van der Waals surface area contributed by atoms with Crippen molar-refractivity contribution >= 4 is 5.97 Å². The minimum atomic E-state index is -0.900. The van der Waals surface area contributed by atoms with Gasteiger partial charge in [-0.15, -0.1) is 0 Å². The third kappa shape index (κ3) is 2.29. The number of nitrogens with zero attached hydrogens (tertiary/aromatic N) is 1. The number of hydrogen-bond acceptors (Lipinski definition) is 2. The Balaban J connectivity index is 2.72. The van der Waals surface area contributed by atoms with Gasteiger partial charge in [0.1, 0.15) is 5.75 Å². The van der Waals surface area contributed by atoms with Gasteiger partial charge in [0.15, 0.2) is 0 Å². The molecule has 2 rings (SSSR count). The van der Waals surface area contributed by atoms with E-state index in [0.29, 0.717) is 12.1 Å². The Kier molecular flexibility index (Phi) is 3.84. The van der Waals surface area contributed by atoms with Gasteiger partial charge < -0.3 is 14.4 Å². The van der Waals surface area contributed by atoms with Crippen molar-refractivity contribution in [2.75, 3.05) is 7.11 Å². The normalized spacial score (nSPS) is 10.6. The van der Waals surface area contributed by atoms with Crippen molar-refractivity contribution in [3.05, 3.63) is 41.1 Å². The van der Waals surface area contributed by atoms with E-state index in [0.717, 1.165) is 28.3 Å². The number of aryl methyl sites for hydroxylation is 1. The monoisotopic (exact) mass is 273 g/mol. The van der Waals surface area contributed by atoms with Gasteiger partial charge in [-0.3, -0.25) is 0 Å². The number of aromatic carboxylic acids is 1. The number of aromatic nitrogens is 1. The molecule has 0 aliphatic carbocycles. The topological polar surface area (TPSA) is 51.5 Å². The second-order valence-electron chi connectivity index (χ2n) is 4.78. The fraction of sp³-hybridized carbons (Fsp3) is 0.312. The fourth-order valence-corrected chi connectivity index (χ4v) is 2.51. The summed E-state index contributed by atoms with van der Waals surface area (Å²) in [6, 6.07) is 7.63. The first-order chi connectivity index (χ1) is 9.49. The van der Waals surface area contributed by atoms with Crippen molar-refractivity contribution in [1.82, 2.24) is 4.57 Å². The highest BCUT2D eigenvalue weighted by Crippen LogP contribution is 2.33. The predicted octanol–water partition coefficient (Wildman–Crippen LogP) is 3.50. The lowest BCUT2D eigenvalue weighted by Gasteiger charge is -2.13. The number of carboxylic acids is 1. The average molecular weight is 273 g/mol. The second kappa shape index (κ2) is 5.41. The molecule has 0 atom stereocenters. The fourth-order valence-electron chi connectivity index (χ4n) is 2.51. The van der Waals surface area contributed by atoms with E-state index in [1.807, 2.05) is 43.5 Å². The van der Waals surface area contributed by atoms with E-state index in [4.69, 9.17) is 4.74 Å². The van der Waals surface area contributed by atoms with Gasteiger partial charge in [-0.2, -0.15) is 0 Å². The molecule has 0 saturated heterocycles. The van der Waals surface area contributed by atoms with Crippen LogP contribution in [0, 0.1) is 13.8 Å². The molecule has 20 heavy (non-hydrogen) atoms. The summed E-state index contributed by atoms with van der Waals surface area (Å²) < 4.78 is 7.40. The number of methoxy groups -OCH3 is 1. The summed E-state index contributed by atoms with van der Waals surface area (Å²) in [5.74, 6) is -0.151. The molecule has 0 aliphatic heterocycles. The van der Waals surface area contributed by atoms with Crippen molar-refractivity contribution in [1.29, 1.82) is 0 Å². The number of benzene rings is 1. The van der Waals surface area contributed by atoms with Crippen LogP contribution in [0.25, 0.3) is 11.3 Å². The van der Waals surface area contributed by atoms with Crippen LogP contribution in [-0.4, -0.2) is 22.8 Å². The van der Waals surface area contributed by atoms with E-state index in [9.17, 15) is 9.90 Å². The largest absolute Gasteiger partial charge is 0.496 e. The predicted molar refractivity (Wildman–Crippen MR) is 78.5 cm³/mol. The second-order valence-corrected chi connectivity index (χ2v) is 4.78. The molecule has 1 N–H and O–H groups in total. The first-order valence-corrected chi connectivity index (χ1v) is 6.58. The lowest BCUT2D eigenvalue weighted by Crippen LogP contribution is -2.03. The molecule has 0 amide bonds. The van der Waals surface area contributed by atoms with Crippen molar-refractivity contribution in [3.63, 3.8) is 0 Å². The molecule has 4 nitrogen and oxygen atoms in total. The summed E-state index contributed by atoms with van der Waals surface area (Å²) in [5.41, 5.74) is 4.01. The smallest absolute Gasteiger partial charge is 0.337 e. The molecular formula is C16H19NO3. The minimum Gasteiger partial charge on any atom is -0.496 e. The third-order valence-corrected chi connectivity index (χ3v) is 3.54. The Morgan fingerprint density at radius 1 is 1.30 bits per heavy atom. The zero-order valence-electron chi connectivity index (χ0n) is 12.2. The Bertz CT molecular complexity index is 656. The molecule has 0 spiro atoms. The summed E-state index contributed by atoms with van der Waals surface area (Å²) in [4.78, 5) is 11.3. The summed E-state index contributed by atoms with van der Waals surface area (Å²) >= 11 is 0. The lowest BCUT2D eigenvalue weighted by molar-refractivity contribution is 0.0696. The lowest BCUT2D eigenvalue weighted by atomic mass is 10.1. The number of ether oxygens (including phenoxy) is 1. The van der Waals surface area contributed by atoms with E-state index in [2.05, 4.69) is 0 Å². The van der Waals surface area contributed by atoms with Gasteiger partial charge in [-0.05, 0) is 39.0 Å². The van der Waals surface area contributed by atoms with Gasteiger partial charge in [0, 0.05) is 17.8 Å². The van der Waals surface area contributed by atoms with Crippen LogP contribution >= 0.6 is 0 Å². The van der Waals surface area contributed by atoms with Crippen LogP contribution in [0.5, 0.6) is 5.75 Å². The van der Waals surface area contributed by atoms with E-state index < -0.39 is 5.97 Å². The molecule has 2 aromatic rings. The average Bonchev–Trinajstić information content (AvgIpc) is 2.75. The first-order valence-electron chi connectivity index (χ1n) is 6.58. The van der Waals surface area contributed by atoms with Gasteiger partial charge in [-0.1, -0.05) is 11.6 Å². The van der Waals surface area contributed by atoms with Crippen molar-refractivity contribution < 1.29 is 14.6 Å². The molecule has 1 aromatic carbocycles. The first kappa shape index (κ1) is 14.2. The van der Waals surface area contributed by atoms with Gasteiger partial charge >= 0.3 is 5.97 Å². The van der Waals surface area contributed by atoms with Crippen molar-refractivity contribution in [2.45, 2.75) is 27.3 Å². The van der Waals surface area contributed by atoms with Crippen LogP contribution in [0.4, 0.5) is 0 Å². The maximum atomic E-state index is 11.3. The standard InChI is InChI=1S/C16H19NO3/c1-5-17-11(3)12(16(18)19)9-14(17)13-8-10(2)6-7-15(13)20-4/h6-9H,5H2,1-4H3,(H,18,19). The molecule has 0 saturated carbocycles. The highest BCUT2D eigenvalue weighted by molar-refractivity contribution is 5.91. The highest BCUT2D eigenvalue weighted by Gasteiger charge is 2.19. The van der Waals surface area contributed by atoms with Gasteiger partial charge in [0.05, 0.1) is 18.4 Å². The molecule has 0 unspecified atom stereocenters. The van der Waals surface area contributed by atoms with Gasteiger partial charge in [-0.25, -0.2) is 4.79 Å². The van der Waals surface area contributed by atoms with Crippen LogP contribution in [-0.2, 0) is 6.54 Å². The molecule has 0 bridgehead atoms. The molecule has 1 heterocycles. The third-order valence-electron chi connectivity index (χ3n) is 3.54. The Morgan fingerprint density at radius 2 is 2.00 bits per heavy atom. The number of hydrogen-bond donors (Lipinski definition) is 1. The van der Waals surface area contributed by atoms with E-state index >= 15 is 0 Å². The van der Waals surface area contributed by atoms with Crippen LogP contribution in [0.1, 0.15) is 28.5 Å². The molecular weight excluding hydrogens is 254 g/mol. The maximum absolute atomic E-state index is 11.3. The SMILES string of the molecule is CCn1c(-c2cc(C)ccc2OC)cc(C(=O)O)c1C. The summed E-state index contributed by atoms with van der Waals surface area (Å²) in [6.45, 7) is 6.56. The molecule has 0 fully saturated rings. The Hall–Kier alpha value is -2.23. The van der Waals surface area contributed by atoms with E-state index in [-0.39, 0.29) is 0 Å². The summed E-state index contributed by atoms with van der Waals surface area (Å²) in [6.07, 6.45) is 0. The molecule has 1 aromatic heterocycles. The van der Waals surface area contributed by atoms with Crippen molar-refractivity contribution in [3.8, 4) is 17.0 Å².